The van der Waals surface area contributed by atoms with Crippen LogP contribution >= 0.6 is 15.9 Å². The summed E-state index contributed by atoms with van der Waals surface area (Å²) in [7, 11) is 0. The number of hydrogen-bond acceptors (Lipinski definition) is 2. The number of rotatable bonds is 5. The van der Waals surface area contributed by atoms with Crippen molar-refractivity contribution in [3.05, 3.63) is 139 Å². The molecule has 0 radical (unpaired) electrons. The van der Waals surface area contributed by atoms with E-state index in [1.54, 1.807) is 6.07 Å². The lowest BCUT2D eigenvalue weighted by atomic mass is 9.77. The first-order valence-corrected chi connectivity index (χ1v) is 18.3. The summed E-state index contributed by atoms with van der Waals surface area (Å²) in [5.74, 6) is 0. The molecule has 4 nitrogen and oxygen atoms in total. The number of nitro groups is 1. The van der Waals surface area contributed by atoms with E-state index in [2.05, 4.69) is 163 Å². The fraction of sp³-hybridized carbons (Fsp3) is 0.333. The first kappa shape index (κ1) is 35.6. The van der Waals surface area contributed by atoms with Crippen LogP contribution in [-0.4, -0.2) is 9.49 Å². The third kappa shape index (κ3) is 6.30. The van der Waals surface area contributed by atoms with Crippen LogP contribution in [0.15, 0.2) is 102 Å². The maximum atomic E-state index is 12.0. The van der Waals surface area contributed by atoms with Gasteiger partial charge >= 0.3 is 0 Å². The van der Waals surface area contributed by atoms with Gasteiger partial charge < -0.3 is 4.57 Å². The van der Waals surface area contributed by atoms with E-state index in [4.69, 9.17) is 0 Å². The molecule has 258 valence electrons. The number of nitro benzene ring substituents is 1. The Balaban J connectivity index is 1.49. The summed E-state index contributed by atoms with van der Waals surface area (Å²) in [5, 5.41) is 14.5. The molecule has 5 aromatic carbocycles. The standard InChI is InChI=1S/C45H49BrN2O2/c1-42(2,3)30-21-24-39(48(49)50)33(25-30)28-15-17-29(18-16-28)45(10,11)36-13-12-14-40(41(36)46)47-37-22-19-31(43(4,5)6)26-34(37)35-27-32(44(7,8)9)20-23-38(35)47/h12-27H,1-11H3. The van der Waals surface area contributed by atoms with Crippen molar-refractivity contribution in [2.24, 2.45) is 0 Å². The van der Waals surface area contributed by atoms with Crippen LogP contribution < -0.4 is 0 Å². The highest BCUT2D eigenvalue weighted by atomic mass is 79.9. The second-order valence-corrected chi connectivity index (χ2v) is 18.2. The molecule has 1 heterocycles. The molecule has 0 aliphatic rings. The lowest BCUT2D eigenvalue weighted by molar-refractivity contribution is -0.384. The number of fused-ring (bicyclic) bond motifs is 3. The zero-order valence-electron chi connectivity index (χ0n) is 31.3. The summed E-state index contributed by atoms with van der Waals surface area (Å²) in [6.07, 6.45) is 0. The van der Waals surface area contributed by atoms with Gasteiger partial charge in [0.1, 0.15) is 0 Å². The predicted molar refractivity (Wildman–Crippen MR) is 215 cm³/mol. The Morgan fingerprint density at radius 2 is 1.04 bits per heavy atom. The summed E-state index contributed by atoms with van der Waals surface area (Å²) in [4.78, 5) is 11.7. The minimum atomic E-state index is -0.371. The molecule has 1 aromatic heterocycles. The van der Waals surface area contributed by atoms with E-state index in [1.807, 2.05) is 24.3 Å². The molecule has 0 aliphatic heterocycles. The van der Waals surface area contributed by atoms with E-state index in [1.165, 1.54) is 32.9 Å². The van der Waals surface area contributed by atoms with E-state index >= 15 is 0 Å². The number of halogens is 1. The zero-order chi connectivity index (χ0) is 36.6. The van der Waals surface area contributed by atoms with Gasteiger partial charge in [-0.3, -0.25) is 10.1 Å². The summed E-state index contributed by atoms with van der Waals surface area (Å²) in [6.45, 7) is 24.5. The quantitative estimate of drug-likeness (QED) is 0.131. The average molecular weight is 730 g/mol. The van der Waals surface area contributed by atoms with Gasteiger partial charge in [-0.15, -0.1) is 0 Å². The molecule has 0 fully saturated rings. The largest absolute Gasteiger partial charge is 0.308 e. The molecule has 0 spiro atoms. The Labute approximate surface area is 305 Å². The van der Waals surface area contributed by atoms with Gasteiger partial charge in [-0.1, -0.05) is 131 Å². The van der Waals surface area contributed by atoms with Gasteiger partial charge in [-0.05, 0) is 102 Å². The second kappa shape index (κ2) is 12.2. The van der Waals surface area contributed by atoms with Crippen LogP contribution in [0.2, 0.25) is 0 Å². The molecule has 6 aromatic rings. The minimum Gasteiger partial charge on any atom is -0.308 e. The maximum Gasteiger partial charge on any atom is 0.277 e. The Kier molecular flexibility index (Phi) is 8.71. The summed E-state index contributed by atoms with van der Waals surface area (Å²) in [5.41, 5.74) is 10.6. The van der Waals surface area contributed by atoms with E-state index in [9.17, 15) is 10.1 Å². The molecular weight excluding hydrogens is 680 g/mol. The smallest absolute Gasteiger partial charge is 0.277 e. The Morgan fingerprint density at radius 1 is 0.580 bits per heavy atom. The molecule has 0 saturated heterocycles. The number of hydrogen-bond donors (Lipinski definition) is 0. The summed E-state index contributed by atoms with van der Waals surface area (Å²) in [6, 6.07) is 34.2. The van der Waals surface area contributed by atoms with Crippen LogP contribution in [0.5, 0.6) is 0 Å². The predicted octanol–water partition coefficient (Wildman–Crippen LogP) is 13.3. The normalized spacial score (nSPS) is 13.0. The summed E-state index contributed by atoms with van der Waals surface area (Å²) < 4.78 is 3.44. The first-order valence-electron chi connectivity index (χ1n) is 17.5. The molecule has 0 saturated carbocycles. The topological polar surface area (TPSA) is 48.1 Å². The van der Waals surface area contributed by atoms with Crippen molar-refractivity contribution in [1.29, 1.82) is 0 Å². The van der Waals surface area contributed by atoms with Crippen molar-refractivity contribution in [2.45, 2.75) is 97.8 Å². The Bertz CT molecular complexity index is 2200. The monoisotopic (exact) mass is 728 g/mol. The lowest BCUT2D eigenvalue weighted by Gasteiger charge is -2.29. The van der Waals surface area contributed by atoms with Crippen molar-refractivity contribution in [1.82, 2.24) is 4.57 Å². The van der Waals surface area contributed by atoms with Crippen LogP contribution in [0.4, 0.5) is 5.69 Å². The fourth-order valence-corrected chi connectivity index (χ4v) is 7.94. The van der Waals surface area contributed by atoms with Gasteiger partial charge in [-0.25, -0.2) is 0 Å². The molecule has 0 bridgehead atoms. The molecule has 5 heteroatoms. The molecular formula is C45H49BrN2O2. The number of nitrogens with zero attached hydrogens (tertiary/aromatic N) is 2. The highest BCUT2D eigenvalue weighted by Crippen LogP contribution is 2.44. The third-order valence-electron chi connectivity index (χ3n) is 10.4. The van der Waals surface area contributed by atoms with Gasteiger partial charge in [0.2, 0.25) is 0 Å². The molecule has 0 aliphatic carbocycles. The molecule has 6 rings (SSSR count). The SMILES string of the molecule is CC(C)(C)c1ccc([N+](=O)[O-])c(-c2ccc(C(C)(C)c3cccc(-n4c5ccc(C(C)(C)C)cc5c5cc(C(C)(C)C)ccc54)c3Br)cc2)c1. The second-order valence-electron chi connectivity index (χ2n) is 17.4. The van der Waals surface area contributed by atoms with E-state index < -0.39 is 0 Å². The van der Waals surface area contributed by atoms with Crippen molar-refractivity contribution in [3.8, 4) is 16.8 Å². The van der Waals surface area contributed by atoms with Crippen LogP contribution in [0.3, 0.4) is 0 Å². The lowest BCUT2D eigenvalue weighted by Crippen LogP contribution is -2.20. The van der Waals surface area contributed by atoms with Crippen molar-refractivity contribution in [3.63, 3.8) is 0 Å². The Hall–Kier alpha value is -4.22. The first-order chi connectivity index (χ1) is 23.2. The van der Waals surface area contributed by atoms with Gasteiger partial charge in [0.25, 0.3) is 5.69 Å². The van der Waals surface area contributed by atoms with Crippen LogP contribution in [0.25, 0.3) is 38.6 Å². The zero-order valence-corrected chi connectivity index (χ0v) is 32.9. The minimum absolute atomic E-state index is 0.0324. The van der Waals surface area contributed by atoms with Gasteiger partial charge in [0.05, 0.1) is 27.2 Å². The molecule has 0 N–H and O–H groups in total. The molecule has 0 atom stereocenters. The molecule has 50 heavy (non-hydrogen) atoms. The third-order valence-corrected chi connectivity index (χ3v) is 11.2. The highest BCUT2D eigenvalue weighted by Gasteiger charge is 2.29. The average Bonchev–Trinajstić information content (AvgIpc) is 3.36. The van der Waals surface area contributed by atoms with Crippen LogP contribution in [0.1, 0.15) is 104 Å². The van der Waals surface area contributed by atoms with Crippen LogP contribution in [-0.2, 0) is 21.7 Å². The molecule has 0 amide bonds. The van der Waals surface area contributed by atoms with Gasteiger partial charge in [0, 0.05) is 26.7 Å². The van der Waals surface area contributed by atoms with Gasteiger partial charge in [0.15, 0.2) is 0 Å². The highest BCUT2D eigenvalue weighted by molar-refractivity contribution is 9.10. The maximum absolute atomic E-state index is 12.0. The molecule has 0 unspecified atom stereocenters. The van der Waals surface area contributed by atoms with Crippen molar-refractivity contribution in [2.75, 3.05) is 0 Å². The summed E-state index contributed by atoms with van der Waals surface area (Å²) >= 11 is 4.11. The Morgan fingerprint density at radius 3 is 1.52 bits per heavy atom. The van der Waals surface area contributed by atoms with Gasteiger partial charge in [-0.2, -0.15) is 0 Å². The van der Waals surface area contributed by atoms with E-state index in [-0.39, 0.29) is 32.3 Å². The fourth-order valence-electron chi connectivity index (χ4n) is 7.01. The van der Waals surface area contributed by atoms with Crippen molar-refractivity contribution >= 4 is 43.4 Å². The van der Waals surface area contributed by atoms with Crippen LogP contribution in [0, 0.1) is 10.1 Å². The number of benzene rings is 5. The van der Waals surface area contributed by atoms with Crippen molar-refractivity contribution < 1.29 is 4.92 Å². The van der Waals surface area contributed by atoms with E-state index in [0.29, 0.717) is 5.56 Å². The number of aromatic nitrogens is 1. The van der Waals surface area contributed by atoms with E-state index in [0.717, 1.165) is 32.4 Å².